The van der Waals surface area contributed by atoms with Crippen LogP contribution < -0.4 is 5.69 Å². The second-order valence-electron chi connectivity index (χ2n) is 4.22. The molecule has 0 saturated carbocycles. The summed E-state index contributed by atoms with van der Waals surface area (Å²) < 4.78 is 0.674. The minimum Gasteiger partial charge on any atom is -0.306 e. The summed E-state index contributed by atoms with van der Waals surface area (Å²) in [6.45, 7) is 1.91. The Labute approximate surface area is 120 Å². The van der Waals surface area contributed by atoms with Gasteiger partial charge in [0.15, 0.2) is 0 Å². The number of ketones is 1. The van der Waals surface area contributed by atoms with Gasteiger partial charge in [-0.25, -0.2) is 4.79 Å². The maximum Gasteiger partial charge on any atom is 0.323 e. The molecule has 96 valence electrons. The molecule has 0 radical (unpaired) electrons. The standard InChI is InChI=1S/C13H9BrN2O2S/c1-6-2-3-19-12(6)11(17)7-4-9-10(5-8(7)14)16-13(18)15-9/h2-5H,1H3,(H2,15,16,18). The predicted molar refractivity (Wildman–Crippen MR) is 79.1 cm³/mol. The van der Waals surface area contributed by atoms with Gasteiger partial charge in [-0.1, -0.05) is 0 Å². The first-order valence-corrected chi connectivity index (χ1v) is 7.24. The molecule has 0 aliphatic rings. The average molecular weight is 337 g/mol. The molecule has 2 aromatic heterocycles. The van der Waals surface area contributed by atoms with E-state index in [-0.39, 0.29) is 11.5 Å². The number of aryl methyl sites for hydroxylation is 1. The molecule has 0 fully saturated rings. The van der Waals surface area contributed by atoms with E-state index < -0.39 is 0 Å². The molecule has 6 heteroatoms. The van der Waals surface area contributed by atoms with Crippen molar-refractivity contribution < 1.29 is 4.79 Å². The van der Waals surface area contributed by atoms with Crippen LogP contribution in [0.1, 0.15) is 20.8 Å². The van der Waals surface area contributed by atoms with Crippen molar-refractivity contribution in [2.45, 2.75) is 6.92 Å². The maximum absolute atomic E-state index is 12.5. The van der Waals surface area contributed by atoms with Crippen LogP contribution in [0.4, 0.5) is 0 Å². The smallest absolute Gasteiger partial charge is 0.306 e. The van der Waals surface area contributed by atoms with Crippen molar-refractivity contribution in [3.63, 3.8) is 0 Å². The first kappa shape index (κ1) is 12.4. The van der Waals surface area contributed by atoms with Crippen LogP contribution in [0.15, 0.2) is 32.8 Å². The van der Waals surface area contributed by atoms with Crippen molar-refractivity contribution >= 4 is 44.1 Å². The molecule has 0 saturated heterocycles. The first-order chi connectivity index (χ1) is 9.06. The van der Waals surface area contributed by atoms with Gasteiger partial charge in [-0.05, 0) is 52.0 Å². The minimum absolute atomic E-state index is 0.0386. The van der Waals surface area contributed by atoms with Crippen LogP contribution in [0.5, 0.6) is 0 Å². The van der Waals surface area contributed by atoms with Crippen LogP contribution in [0.2, 0.25) is 0 Å². The molecule has 4 nitrogen and oxygen atoms in total. The van der Waals surface area contributed by atoms with E-state index in [4.69, 9.17) is 0 Å². The number of imidazole rings is 1. The van der Waals surface area contributed by atoms with Gasteiger partial charge in [0, 0.05) is 10.0 Å². The molecule has 2 heterocycles. The molecule has 19 heavy (non-hydrogen) atoms. The Hall–Kier alpha value is -1.66. The molecule has 3 aromatic rings. The zero-order valence-corrected chi connectivity index (χ0v) is 12.3. The molecule has 2 N–H and O–H groups in total. The lowest BCUT2D eigenvalue weighted by Gasteiger charge is -2.03. The number of thiophene rings is 1. The monoisotopic (exact) mass is 336 g/mol. The zero-order valence-electron chi connectivity index (χ0n) is 9.91. The summed E-state index contributed by atoms with van der Waals surface area (Å²) in [5, 5.41) is 1.90. The highest BCUT2D eigenvalue weighted by molar-refractivity contribution is 9.10. The SMILES string of the molecule is Cc1ccsc1C(=O)c1cc2[nH]c(=O)[nH]c2cc1Br. The van der Waals surface area contributed by atoms with Crippen molar-refractivity contribution in [1.29, 1.82) is 0 Å². The van der Waals surface area contributed by atoms with E-state index in [2.05, 4.69) is 25.9 Å². The number of nitrogens with one attached hydrogen (secondary N) is 2. The molecule has 0 aliphatic carbocycles. The third-order valence-electron chi connectivity index (χ3n) is 2.92. The summed E-state index contributed by atoms with van der Waals surface area (Å²) in [5.41, 5.74) is 2.54. The molecule has 1 aromatic carbocycles. The van der Waals surface area contributed by atoms with Gasteiger partial charge in [-0.3, -0.25) is 4.79 Å². The summed E-state index contributed by atoms with van der Waals surface area (Å²) in [7, 11) is 0. The minimum atomic E-state index is -0.279. The molecule has 0 atom stereocenters. The highest BCUT2D eigenvalue weighted by Crippen LogP contribution is 2.27. The molecule has 0 unspecified atom stereocenters. The topological polar surface area (TPSA) is 65.7 Å². The van der Waals surface area contributed by atoms with Crippen molar-refractivity contribution in [3.05, 3.63) is 54.5 Å². The number of carbonyl (C=O) groups excluding carboxylic acids is 1. The Kier molecular flexibility index (Phi) is 2.91. The molecule has 3 rings (SSSR count). The quantitative estimate of drug-likeness (QED) is 0.705. The van der Waals surface area contributed by atoms with E-state index in [0.717, 1.165) is 10.4 Å². The van der Waals surface area contributed by atoms with Gasteiger partial charge >= 0.3 is 5.69 Å². The molecule has 0 aliphatic heterocycles. The summed E-state index contributed by atoms with van der Waals surface area (Å²) in [6, 6.07) is 5.35. The lowest BCUT2D eigenvalue weighted by molar-refractivity contribution is 0.104. The second kappa shape index (κ2) is 4.47. The molecular weight excluding hydrogens is 328 g/mol. The average Bonchev–Trinajstić information content (AvgIpc) is 2.92. The number of carbonyl (C=O) groups is 1. The fraction of sp³-hybridized carbons (Fsp3) is 0.0769. The highest BCUT2D eigenvalue weighted by atomic mass is 79.9. The van der Waals surface area contributed by atoms with E-state index in [9.17, 15) is 9.59 Å². The number of hydrogen-bond donors (Lipinski definition) is 2. The van der Waals surface area contributed by atoms with Crippen LogP contribution in [0.25, 0.3) is 11.0 Å². The van der Waals surface area contributed by atoms with E-state index >= 15 is 0 Å². The molecule has 0 bridgehead atoms. The lowest BCUT2D eigenvalue weighted by atomic mass is 10.1. The van der Waals surface area contributed by atoms with Gasteiger partial charge in [0.05, 0.1) is 15.9 Å². The number of fused-ring (bicyclic) bond motifs is 1. The van der Waals surface area contributed by atoms with E-state index in [0.29, 0.717) is 21.1 Å². The number of aromatic nitrogens is 2. The third-order valence-corrected chi connectivity index (χ3v) is 4.59. The van der Waals surface area contributed by atoms with Gasteiger partial charge < -0.3 is 9.97 Å². The van der Waals surface area contributed by atoms with Gasteiger partial charge in [0.2, 0.25) is 5.78 Å². The normalized spacial score (nSPS) is 11.1. The predicted octanol–water partition coefficient (Wildman–Crippen LogP) is 3.22. The van der Waals surface area contributed by atoms with Gasteiger partial charge in [0.1, 0.15) is 0 Å². The second-order valence-corrected chi connectivity index (χ2v) is 5.99. The Morgan fingerprint density at radius 3 is 2.58 bits per heavy atom. The first-order valence-electron chi connectivity index (χ1n) is 5.56. The summed E-state index contributed by atoms with van der Waals surface area (Å²) in [6.07, 6.45) is 0. The Bertz CT molecular complexity index is 844. The van der Waals surface area contributed by atoms with E-state index in [1.54, 1.807) is 12.1 Å². The van der Waals surface area contributed by atoms with Gasteiger partial charge in [-0.2, -0.15) is 0 Å². The van der Waals surface area contributed by atoms with E-state index in [1.165, 1.54) is 11.3 Å². The number of halogens is 1. The summed E-state index contributed by atoms with van der Waals surface area (Å²) >= 11 is 4.81. The fourth-order valence-electron chi connectivity index (χ4n) is 1.96. The van der Waals surface area contributed by atoms with Gasteiger partial charge in [0.25, 0.3) is 0 Å². The van der Waals surface area contributed by atoms with Crippen LogP contribution in [0, 0.1) is 6.92 Å². The van der Waals surface area contributed by atoms with Crippen molar-refractivity contribution in [2.24, 2.45) is 0 Å². The van der Waals surface area contributed by atoms with Crippen molar-refractivity contribution in [2.75, 3.05) is 0 Å². The third kappa shape index (κ3) is 2.06. The highest BCUT2D eigenvalue weighted by Gasteiger charge is 2.17. The number of H-pyrrole nitrogens is 2. The van der Waals surface area contributed by atoms with Crippen LogP contribution in [-0.2, 0) is 0 Å². The molecule has 0 amide bonds. The Morgan fingerprint density at radius 1 is 1.26 bits per heavy atom. The number of aromatic amines is 2. The zero-order chi connectivity index (χ0) is 13.6. The molecular formula is C13H9BrN2O2S. The van der Waals surface area contributed by atoms with Crippen molar-refractivity contribution in [1.82, 2.24) is 9.97 Å². The summed E-state index contributed by atoms with van der Waals surface area (Å²) in [4.78, 5) is 29.8. The maximum atomic E-state index is 12.5. The Morgan fingerprint density at radius 2 is 1.95 bits per heavy atom. The Balaban J connectivity index is 2.19. The fourth-order valence-corrected chi connectivity index (χ4v) is 3.36. The number of rotatable bonds is 2. The van der Waals surface area contributed by atoms with Crippen molar-refractivity contribution in [3.8, 4) is 0 Å². The number of hydrogen-bond acceptors (Lipinski definition) is 3. The largest absolute Gasteiger partial charge is 0.323 e. The van der Waals surface area contributed by atoms with Gasteiger partial charge in [-0.15, -0.1) is 11.3 Å². The number of benzene rings is 1. The lowest BCUT2D eigenvalue weighted by Crippen LogP contribution is -2.01. The van der Waals surface area contributed by atoms with Crippen LogP contribution >= 0.6 is 27.3 Å². The molecule has 0 spiro atoms. The van der Waals surface area contributed by atoms with Crippen LogP contribution in [-0.4, -0.2) is 15.8 Å². The van der Waals surface area contributed by atoms with Crippen LogP contribution in [0.3, 0.4) is 0 Å². The summed E-state index contributed by atoms with van der Waals surface area (Å²) in [5.74, 6) is -0.0386. The van der Waals surface area contributed by atoms with E-state index in [1.807, 2.05) is 18.4 Å².